The molecule has 0 spiro atoms. The number of likely N-dealkylation sites (N-methyl/N-ethyl adjacent to an activating group) is 1. The van der Waals surface area contributed by atoms with Gasteiger partial charge in [-0.15, -0.1) is 0 Å². The highest BCUT2D eigenvalue weighted by Crippen LogP contribution is 2.32. The number of hydrogen-bond acceptors (Lipinski definition) is 8. The van der Waals surface area contributed by atoms with Crippen molar-refractivity contribution in [2.45, 2.75) is 0 Å². The van der Waals surface area contributed by atoms with E-state index in [1.165, 1.54) is 12.1 Å². The number of aromatic amines is 2. The minimum absolute atomic E-state index is 0.189. The Morgan fingerprint density at radius 3 is 2.66 bits per heavy atom. The Kier molecular flexibility index (Phi) is 5.89. The van der Waals surface area contributed by atoms with Crippen LogP contribution >= 0.6 is 0 Å². The van der Waals surface area contributed by atoms with Gasteiger partial charge in [-0.05, 0) is 50.5 Å². The molecule has 0 aliphatic rings. The lowest BCUT2D eigenvalue weighted by Crippen LogP contribution is -2.19. The number of phenols is 1. The molecule has 10 nitrogen and oxygen atoms in total. The number of imidazole rings is 1. The molecule has 5 aromatic heterocycles. The summed E-state index contributed by atoms with van der Waals surface area (Å²) in [6, 6.07) is 11.3. The number of rotatable bonds is 7. The van der Waals surface area contributed by atoms with Crippen molar-refractivity contribution < 1.29 is 14.2 Å². The fourth-order valence-corrected chi connectivity index (χ4v) is 4.18. The second-order valence-corrected chi connectivity index (χ2v) is 9.07. The van der Waals surface area contributed by atoms with Crippen molar-refractivity contribution in [1.29, 1.82) is 0 Å². The first kappa shape index (κ1) is 23.5. The van der Waals surface area contributed by atoms with Crippen LogP contribution in [0.2, 0.25) is 0 Å². The van der Waals surface area contributed by atoms with E-state index in [9.17, 15) is 9.50 Å². The van der Waals surface area contributed by atoms with Gasteiger partial charge in [0, 0.05) is 36.1 Å². The molecule has 5 heterocycles. The normalized spacial score (nSPS) is 11.6. The van der Waals surface area contributed by atoms with Crippen molar-refractivity contribution in [1.82, 2.24) is 40.0 Å². The molecule has 3 N–H and O–H groups in total. The summed E-state index contributed by atoms with van der Waals surface area (Å²) < 4.78 is 19.8. The number of nitrogens with one attached hydrogen (secondary N) is 2. The Balaban J connectivity index is 1.38. The average Bonchev–Trinajstić information content (AvgIpc) is 3.51. The Morgan fingerprint density at radius 1 is 0.947 bits per heavy atom. The molecule has 0 radical (unpaired) electrons. The number of aromatic nitrogens is 7. The first-order valence-electron chi connectivity index (χ1n) is 11.9. The molecule has 0 saturated heterocycles. The molecule has 0 unspecified atom stereocenters. The number of fused-ring (bicyclic) bond motifs is 2. The number of halogens is 1. The first-order chi connectivity index (χ1) is 18.4. The first-order valence-corrected chi connectivity index (χ1v) is 11.9. The van der Waals surface area contributed by atoms with Gasteiger partial charge < -0.3 is 19.7 Å². The Morgan fingerprint density at radius 2 is 1.82 bits per heavy atom. The zero-order valence-corrected chi connectivity index (χ0v) is 20.6. The van der Waals surface area contributed by atoms with Crippen LogP contribution < -0.4 is 4.74 Å². The minimum atomic E-state index is -0.564. The maximum absolute atomic E-state index is 14.0. The molecule has 0 bridgehead atoms. The summed E-state index contributed by atoms with van der Waals surface area (Å²) >= 11 is 0. The summed E-state index contributed by atoms with van der Waals surface area (Å²) in [5.41, 5.74) is 5.46. The summed E-state index contributed by atoms with van der Waals surface area (Å²) in [4.78, 5) is 23.6. The average molecular weight is 511 g/mol. The van der Waals surface area contributed by atoms with Crippen molar-refractivity contribution >= 4 is 22.1 Å². The quantitative estimate of drug-likeness (QED) is 0.288. The van der Waals surface area contributed by atoms with E-state index in [-0.39, 0.29) is 5.75 Å². The largest absolute Gasteiger partial charge is 0.508 e. The minimum Gasteiger partial charge on any atom is -0.508 e. The molecule has 0 saturated carbocycles. The van der Waals surface area contributed by atoms with Crippen molar-refractivity contribution in [3.8, 4) is 45.5 Å². The third-order valence-corrected chi connectivity index (χ3v) is 6.01. The standard InChI is InChI=1S/C27H23FN8O2/c1-36(2)7-8-38-19-11-16(13-29-14-19)20-3-4-22-25(31-20)26(35-34-22)27-32-21-5-6-30-23(24(21)33-27)15-9-17(28)12-18(37)10-15/h3-6,9-14,37H,7-8H2,1-2H3,(H,32,33)(H,34,35). The van der Waals surface area contributed by atoms with E-state index in [2.05, 4.69) is 25.1 Å². The van der Waals surface area contributed by atoms with Gasteiger partial charge in [-0.25, -0.2) is 14.4 Å². The summed E-state index contributed by atoms with van der Waals surface area (Å²) in [7, 11) is 3.98. The van der Waals surface area contributed by atoms with Crippen LogP contribution in [-0.2, 0) is 0 Å². The molecular formula is C27H23FN8O2. The van der Waals surface area contributed by atoms with Gasteiger partial charge in [0.25, 0.3) is 0 Å². The van der Waals surface area contributed by atoms with Gasteiger partial charge >= 0.3 is 0 Å². The maximum atomic E-state index is 14.0. The third kappa shape index (κ3) is 4.50. The van der Waals surface area contributed by atoms with E-state index in [0.29, 0.717) is 57.4 Å². The van der Waals surface area contributed by atoms with Gasteiger partial charge in [0.05, 0.1) is 28.6 Å². The molecule has 11 heteroatoms. The molecule has 190 valence electrons. The van der Waals surface area contributed by atoms with Crippen LogP contribution in [0.15, 0.2) is 61.1 Å². The highest BCUT2D eigenvalue weighted by molar-refractivity contribution is 5.95. The van der Waals surface area contributed by atoms with E-state index < -0.39 is 5.82 Å². The summed E-state index contributed by atoms with van der Waals surface area (Å²) in [6.45, 7) is 1.34. The second-order valence-electron chi connectivity index (χ2n) is 9.07. The molecule has 38 heavy (non-hydrogen) atoms. The Hall–Kier alpha value is -4.90. The van der Waals surface area contributed by atoms with Crippen molar-refractivity contribution in [3.05, 3.63) is 66.9 Å². The Labute approximate surface area is 216 Å². The number of pyridine rings is 3. The fraction of sp³-hybridized carbons (Fsp3) is 0.148. The number of hydrogen-bond donors (Lipinski definition) is 3. The molecule has 1 aromatic carbocycles. The lowest BCUT2D eigenvalue weighted by Gasteiger charge is -2.11. The van der Waals surface area contributed by atoms with E-state index >= 15 is 0 Å². The van der Waals surface area contributed by atoms with Gasteiger partial charge in [-0.3, -0.25) is 15.1 Å². The van der Waals surface area contributed by atoms with Crippen molar-refractivity contribution in [2.24, 2.45) is 0 Å². The van der Waals surface area contributed by atoms with Gasteiger partial charge in [0.15, 0.2) is 11.5 Å². The van der Waals surface area contributed by atoms with E-state index in [4.69, 9.17) is 14.7 Å². The summed E-state index contributed by atoms with van der Waals surface area (Å²) in [5.74, 6) is 0.390. The predicted octanol–water partition coefficient (Wildman–Crippen LogP) is 4.41. The summed E-state index contributed by atoms with van der Waals surface area (Å²) in [5, 5.41) is 17.3. The molecular weight excluding hydrogens is 487 g/mol. The number of H-pyrrole nitrogens is 2. The molecule has 6 rings (SSSR count). The van der Waals surface area contributed by atoms with Crippen LogP contribution in [0, 0.1) is 5.82 Å². The van der Waals surface area contributed by atoms with Crippen molar-refractivity contribution in [3.63, 3.8) is 0 Å². The maximum Gasteiger partial charge on any atom is 0.161 e. The van der Waals surface area contributed by atoms with E-state index in [1.807, 2.05) is 37.2 Å². The van der Waals surface area contributed by atoms with E-state index in [0.717, 1.165) is 23.7 Å². The number of nitrogens with zero attached hydrogens (tertiary/aromatic N) is 6. The SMILES string of the molecule is CN(C)CCOc1cncc(-c2ccc3[nH]nc(-c4nc5c(-c6cc(O)cc(F)c6)nccc5[nH]4)c3n2)c1. The smallest absolute Gasteiger partial charge is 0.161 e. The number of phenolic OH excluding ortho intramolecular Hbond substituents is 1. The molecule has 6 aromatic rings. The van der Waals surface area contributed by atoms with Gasteiger partial charge in [-0.2, -0.15) is 5.10 Å². The van der Waals surface area contributed by atoms with Crippen LogP contribution in [0.3, 0.4) is 0 Å². The van der Waals surface area contributed by atoms with Gasteiger partial charge in [0.1, 0.15) is 35.0 Å². The zero-order chi connectivity index (χ0) is 26.2. The van der Waals surface area contributed by atoms with E-state index in [1.54, 1.807) is 24.7 Å². The monoisotopic (exact) mass is 510 g/mol. The molecule has 0 aliphatic heterocycles. The van der Waals surface area contributed by atoms with Gasteiger partial charge in [-0.1, -0.05) is 0 Å². The second kappa shape index (κ2) is 9.52. The number of ether oxygens (including phenoxy) is 1. The molecule has 0 atom stereocenters. The Bertz CT molecular complexity index is 1760. The lowest BCUT2D eigenvalue weighted by molar-refractivity contribution is 0.261. The van der Waals surface area contributed by atoms with Crippen LogP contribution in [0.25, 0.3) is 56.1 Å². The molecule has 0 fully saturated rings. The predicted molar refractivity (Wildman–Crippen MR) is 141 cm³/mol. The topological polar surface area (TPSA) is 129 Å². The van der Waals surface area contributed by atoms with Crippen LogP contribution in [-0.4, -0.2) is 72.4 Å². The molecule has 0 aliphatic carbocycles. The third-order valence-electron chi connectivity index (χ3n) is 6.01. The summed E-state index contributed by atoms with van der Waals surface area (Å²) in [6.07, 6.45) is 5.01. The number of benzene rings is 1. The van der Waals surface area contributed by atoms with Crippen LogP contribution in [0.1, 0.15) is 0 Å². The van der Waals surface area contributed by atoms with Crippen molar-refractivity contribution in [2.75, 3.05) is 27.2 Å². The molecule has 0 amide bonds. The zero-order valence-electron chi connectivity index (χ0n) is 20.6. The highest BCUT2D eigenvalue weighted by atomic mass is 19.1. The fourth-order valence-electron chi connectivity index (χ4n) is 4.18. The van der Waals surface area contributed by atoms with Gasteiger partial charge in [0.2, 0.25) is 0 Å². The lowest BCUT2D eigenvalue weighted by atomic mass is 10.1. The number of aromatic hydroxyl groups is 1. The van der Waals surface area contributed by atoms with Crippen LogP contribution in [0.4, 0.5) is 4.39 Å². The van der Waals surface area contributed by atoms with Crippen LogP contribution in [0.5, 0.6) is 11.5 Å². The highest BCUT2D eigenvalue weighted by Gasteiger charge is 2.18.